The van der Waals surface area contributed by atoms with Crippen LogP contribution in [-0.4, -0.2) is 83.1 Å². The van der Waals surface area contributed by atoms with E-state index in [9.17, 15) is 9.59 Å². The minimum absolute atomic E-state index is 0.0645. The molecule has 1 aliphatic carbocycles. The summed E-state index contributed by atoms with van der Waals surface area (Å²) in [6.45, 7) is 5.44. The Morgan fingerprint density at radius 2 is 1.96 bits per heavy atom. The van der Waals surface area contributed by atoms with Crippen molar-refractivity contribution < 1.29 is 14.3 Å². The smallest absolute Gasteiger partial charge is 0.269 e. The van der Waals surface area contributed by atoms with Gasteiger partial charge >= 0.3 is 0 Å². The molecule has 1 N–H and O–H groups in total. The fourth-order valence-corrected chi connectivity index (χ4v) is 4.18. The predicted molar refractivity (Wildman–Crippen MR) is 104 cm³/mol. The zero-order valence-corrected chi connectivity index (χ0v) is 16.7. The van der Waals surface area contributed by atoms with Crippen LogP contribution >= 0.6 is 0 Å². The van der Waals surface area contributed by atoms with Crippen LogP contribution in [0.3, 0.4) is 0 Å². The first kappa shape index (κ1) is 19.4. The van der Waals surface area contributed by atoms with Gasteiger partial charge in [-0.3, -0.25) is 9.59 Å². The Balaban J connectivity index is 1.21. The number of carbonyl (C=O) groups is 2. The van der Waals surface area contributed by atoms with E-state index < -0.39 is 0 Å². The van der Waals surface area contributed by atoms with Crippen LogP contribution in [0, 0.1) is 11.8 Å². The number of hydrogen-bond acceptors (Lipinski definition) is 5. The van der Waals surface area contributed by atoms with Gasteiger partial charge in [-0.1, -0.05) is 0 Å². The van der Waals surface area contributed by atoms with E-state index in [1.807, 2.05) is 4.90 Å². The lowest BCUT2D eigenvalue weighted by Crippen LogP contribution is -2.52. The molecule has 154 valence electrons. The zero-order chi connectivity index (χ0) is 19.5. The first-order valence-corrected chi connectivity index (χ1v) is 10.4. The van der Waals surface area contributed by atoms with Crippen molar-refractivity contribution in [2.24, 2.45) is 18.9 Å². The molecule has 2 aliphatic heterocycles. The van der Waals surface area contributed by atoms with Crippen LogP contribution in [-0.2, 0) is 16.6 Å². The van der Waals surface area contributed by atoms with Crippen LogP contribution < -0.4 is 5.32 Å². The number of ether oxygens (including phenoxy) is 1. The Bertz CT molecular complexity index is 694. The molecule has 1 aromatic heterocycles. The largest absolute Gasteiger partial charge is 0.365 e. The number of nitrogens with one attached hydrogen (secondary N) is 1. The number of morpholine rings is 1. The fraction of sp³-hybridized carbons (Fsp3) is 0.750. The Kier molecular flexibility index (Phi) is 5.96. The van der Waals surface area contributed by atoms with Crippen LogP contribution in [0.2, 0.25) is 0 Å². The minimum atomic E-state index is -0.171. The summed E-state index contributed by atoms with van der Waals surface area (Å²) in [4.78, 5) is 33.0. The summed E-state index contributed by atoms with van der Waals surface area (Å²) < 4.78 is 7.32. The molecule has 4 rings (SSSR count). The van der Waals surface area contributed by atoms with Crippen LogP contribution in [0.1, 0.15) is 36.2 Å². The molecular weight excluding hydrogens is 358 g/mol. The third kappa shape index (κ3) is 4.91. The highest BCUT2D eigenvalue weighted by molar-refractivity contribution is 5.92. The lowest BCUT2D eigenvalue weighted by molar-refractivity contribution is -0.149. The van der Waals surface area contributed by atoms with E-state index in [4.69, 9.17) is 4.74 Å². The molecule has 1 unspecified atom stereocenters. The molecule has 1 aromatic rings. The molecule has 0 spiro atoms. The van der Waals surface area contributed by atoms with E-state index >= 15 is 0 Å². The molecule has 0 aromatic carbocycles. The number of carbonyl (C=O) groups excluding carboxylic acids is 2. The number of piperidine rings is 1. The standard InChI is InChI=1S/C20H31N5O3/c1-23-14-21-9-18(23)20(27)22-8-17-12-25(19(26)13-28-17)11-16-4-6-24(7-5-16)10-15-2-3-15/h9,14-17H,2-8,10-13H2,1H3,(H,22,27). The molecule has 2 saturated heterocycles. The van der Waals surface area contributed by atoms with Gasteiger partial charge in [-0.05, 0) is 50.6 Å². The molecule has 3 heterocycles. The summed E-state index contributed by atoms with van der Waals surface area (Å²) in [5, 5.41) is 2.90. The maximum Gasteiger partial charge on any atom is 0.269 e. The fourth-order valence-electron chi connectivity index (χ4n) is 4.18. The normalized spacial score (nSPS) is 24.5. The third-order valence-corrected chi connectivity index (χ3v) is 6.16. The molecule has 8 nitrogen and oxygen atoms in total. The second-order valence-corrected chi connectivity index (χ2v) is 8.52. The highest BCUT2D eigenvalue weighted by Crippen LogP contribution is 2.31. The average Bonchev–Trinajstić information content (AvgIpc) is 3.41. The molecule has 0 bridgehead atoms. The molecule has 1 saturated carbocycles. The van der Waals surface area contributed by atoms with Crippen LogP contribution in [0.4, 0.5) is 0 Å². The molecule has 1 atom stereocenters. The van der Waals surface area contributed by atoms with Gasteiger partial charge in [0.05, 0.1) is 18.6 Å². The van der Waals surface area contributed by atoms with Crippen molar-refractivity contribution in [3.63, 3.8) is 0 Å². The van der Waals surface area contributed by atoms with Gasteiger partial charge in [0.15, 0.2) is 0 Å². The summed E-state index contributed by atoms with van der Waals surface area (Å²) in [5.74, 6) is 1.41. The van der Waals surface area contributed by atoms with Crippen molar-refractivity contribution >= 4 is 11.8 Å². The molecule has 0 radical (unpaired) electrons. The molecule has 2 amide bonds. The summed E-state index contributed by atoms with van der Waals surface area (Å²) in [6, 6.07) is 0. The van der Waals surface area contributed by atoms with Crippen molar-refractivity contribution in [2.75, 3.05) is 45.9 Å². The highest BCUT2D eigenvalue weighted by atomic mass is 16.5. The third-order valence-electron chi connectivity index (χ3n) is 6.16. The Hall–Kier alpha value is -1.93. The Morgan fingerprint density at radius 1 is 1.21 bits per heavy atom. The van der Waals surface area contributed by atoms with E-state index in [0.717, 1.165) is 25.6 Å². The average molecular weight is 390 g/mol. The Morgan fingerprint density at radius 3 is 2.64 bits per heavy atom. The van der Waals surface area contributed by atoms with Gasteiger partial charge < -0.3 is 24.4 Å². The van der Waals surface area contributed by atoms with Crippen molar-refractivity contribution in [1.29, 1.82) is 0 Å². The molecule has 3 fully saturated rings. The Labute approximate surface area is 166 Å². The van der Waals surface area contributed by atoms with E-state index in [1.165, 1.54) is 32.2 Å². The first-order valence-electron chi connectivity index (χ1n) is 10.4. The highest BCUT2D eigenvalue weighted by Gasteiger charge is 2.31. The second kappa shape index (κ2) is 8.61. The maximum atomic E-state index is 12.3. The lowest BCUT2D eigenvalue weighted by Gasteiger charge is -2.38. The number of rotatable bonds is 7. The molecule has 28 heavy (non-hydrogen) atoms. The quantitative estimate of drug-likeness (QED) is 0.735. The topological polar surface area (TPSA) is 79.7 Å². The van der Waals surface area contributed by atoms with Gasteiger partial charge in [-0.2, -0.15) is 0 Å². The number of aryl methyl sites for hydroxylation is 1. The molecule has 3 aliphatic rings. The summed E-state index contributed by atoms with van der Waals surface area (Å²) >= 11 is 0. The van der Waals surface area contributed by atoms with Gasteiger partial charge in [-0.15, -0.1) is 0 Å². The predicted octanol–water partition coefficient (Wildman–Crippen LogP) is 0.499. The van der Waals surface area contributed by atoms with Gasteiger partial charge in [0.1, 0.15) is 12.3 Å². The van der Waals surface area contributed by atoms with E-state index in [0.29, 0.717) is 24.7 Å². The maximum absolute atomic E-state index is 12.3. The van der Waals surface area contributed by atoms with Gasteiger partial charge in [0.25, 0.3) is 5.91 Å². The summed E-state index contributed by atoms with van der Waals surface area (Å²) in [5.41, 5.74) is 0.515. The van der Waals surface area contributed by atoms with E-state index in [-0.39, 0.29) is 24.5 Å². The van der Waals surface area contributed by atoms with Crippen LogP contribution in [0.15, 0.2) is 12.5 Å². The number of nitrogens with zero attached hydrogens (tertiary/aromatic N) is 4. The second-order valence-electron chi connectivity index (χ2n) is 8.52. The SMILES string of the molecule is Cn1cncc1C(=O)NCC1CN(CC2CCN(CC3CC3)CC2)C(=O)CO1. The number of aromatic nitrogens is 2. The minimum Gasteiger partial charge on any atom is -0.365 e. The van der Waals surface area contributed by atoms with Crippen LogP contribution in [0.25, 0.3) is 0 Å². The van der Waals surface area contributed by atoms with Crippen LogP contribution in [0.5, 0.6) is 0 Å². The van der Waals surface area contributed by atoms with Gasteiger partial charge in [0.2, 0.25) is 5.91 Å². The zero-order valence-electron chi connectivity index (χ0n) is 16.7. The summed E-state index contributed by atoms with van der Waals surface area (Å²) in [6.07, 6.45) is 8.12. The van der Waals surface area contributed by atoms with Crippen molar-refractivity contribution in [3.05, 3.63) is 18.2 Å². The molecular formula is C20H31N5O3. The molecule has 8 heteroatoms. The van der Waals surface area contributed by atoms with Crippen molar-refractivity contribution in [1.82, 2.24) is 24.7 Å². The monoisotopic (exact) mass is 389 g/mol. The van der Waals surface area contributed by atoms with Gasteiger partial charge in [0, 0.05) is 33.2 Å². The van der Waals surface area contributed by atoms with Crippen molar-refractivity contribution in [3.8, 4) is 0 Å². The van der Waals surface area contributed by atoms with Crippen molar-refractivity contribution in [2.45, 2.75) is 31.8 Å². The number of likely N-dealkylation sites (tertiary alicyclic amines) is 1. The van der Waals surface area contributed by atoms with E-state index in [1.54, 1.807) is 24.1 Å². The van der Waals surface area contributed by atoms with E-state index in [2.05, 4.69) is 15.2 Å². The lowest BCUT2D eigenvalue weighted by atomic mass is 9.95. The number of hydrogen-bond donors (Lipinski definition) is 1. The number of imidazole rings is 1. The summed E-state index contributed by atoms with van der Waals surface area (Å²) in [7, 11) is 1.79. The number of amides is 2. The first-order chi connectivity index (χ1) is 13.6. The van der Waals surface area contributed by atoms with Gasteiger partial charge in [-0.25, -0.2) is 4.98 Å².